The van der Waals surface area contributed by atoms with Crippen LogP contribution in [0.15, 0.2) is 72.8 Å². The van der Waals surface area contributed by atoms with Crippen molar-refractivity contribution < 1.29 is 56.0 Å². The van der Waals surface area contributed by atoms with Crippen LogP contribution in [0.4, 0.5) is 39.5 Å². The Labute approximate surface area is 176 Å². The molecule has 31 heavy (non-hydrogen) atoms. The summed E-state index contributed by atoms with van der Waals surface area (Å²) in [7, 11) is 0. The Morgan fingerprint density at radius 2 is 0.613 bits per heavy atom. The van der Waals surface area contributed by atoms with Crippen LogP contribution >= 0.6 is 0 Å². The molecule has 0 heterocycles. The van der Waals surface area contributed by atoms with E-state index in [0.29, 0.717) is 18.2 Å². The number of halogens is 9. The summed E-state index contributed by atoms with van der Waals surface area (Å²) in [5.41, 5.74) is -3.71. The van der Waals surface area contributed by atoms with E-state index in [-0.39, 0.29) is 0 Å². The molecule has 3 aromatic carbocycles. The molecular formula is C21H12F9Ir. The molecule has 0 fully saturated rings. The number of benzene rings is 3. The third kappa shape index (κ3) is 4.96. The third-order valence-electron chi connectivity index (χ3n) is 4.02. The molecule has 168 valence electrons. The summed E-state index contributed by atoms with van der Waals surface area (Å²) in [5, 5.41) is 0. The molecule has 0 aliphatic rings. The molecule has 10 heteroatoms. The van der Waals surface area contributed by atoms with Crippen molar-refractivity contribution in [2.45, 2.75) is 18.5 Å². The molecule has 0 atom stereocenters. The SMILES string of the molecule is FC(F)(F)c1cccc[c]1[Ir]([c]1ccccc1C(F)(F)F)[c]1ccccc1C(F)(F)F. The Morgan fingerprint density at radius 3 is 0.839 bits per heavy atom. The van der Waals surface area contributed by atoms with Gasteiger partial charge in [-0.3, -0.25) is 0 Å². The van der Waals surface area contributed by atoms with Gasteiger partial charge in [0.1, 0.15) is 0 Å². The molecule has 0 aromatic heterocycles. The van der Waals surface area contributed by atoms with E-state index < -0.39 is 63.9 Å². The van der Waals surface area contributed by atoms with Crippen molar-refractivity contribution in [3.8, 4) is 0 Å². The first-order valence-corrected chi connectivity index (χ1v) is 12.0. The summed E-state index contributed by atoms with van der Waals surface area (Å²) < 4.78 is 122. The number of hydrogen-bond donors (Lipinski definition) is 0. The van der Waals surface area contributed by atoms with Gasteiger partial charge < -0.3 is 0 Å². The predicted molar refractivity (Wildman–Crippen MR) is 93.2 cm³/mol. The van der Waals surface area contributed by atoms with E-state index in [4.69, 9.17) is 0 Å². The van der Waals surface area contributed by atoms with Gasteiger partial charge in [0.2, 0.25) is 0 Å². The molecule has 0 saturated carbocycles. The van der Waals surface area contributed by atoms with Crippen molar-refractivity contribution in [1.82, 2.24) is 0 Å². The van der Waals surface area contributed by atoms with E-state index >= 15 is 0 Å². The van der Waals surface area contributed by atoms with Crippen molar-refractivity contribution in [2.75, 3.05) is 0 Å². The van der Waals surface area contributed by atoms with Crippen LogP contribution in [0, 0.1) is 0 Å². The van der Waals surface area contributed by atoms with E-state index in [2.05, 4.69) is 0 Å². The van der Waals surface area contributed by atoms with Gasteiger partial charge in [-0.1, -0.05) is 0 Å². The minimum atomic E-state index is -4.95. The van der Waals surface area contributed by atoms with Gasteiger partial charge in [-0.05, 0) is 0 Å². The number of hydrogen-bond acceptors (Lipinski definition) is 0. The standard InChI is InChI=1S/3C7H4F3.Ir/c3*8-7(9,10)6-4-2-1-3-5-6;/h3*1-4H;. The van der Waals surface area contributed by atoms with E-state index in [1.165, 1.54) is 18.2 Å². The molecule has 0 saturated heterocycles. The quantitative estimate of drug-likeness (QED) is 0.330. The van der Waals surface area contributed by atoms with Crippen LogP contribution in [0.2, 0.25) is 0 Å². The van der Waals surface area contributed by atoms with Gasteiger partial charge in [-0.15, -0.1) is 0 Å². The fraction of sp³-hybridized carbons (Fsp3) is 0.143. The predicted octanol–water partition coefficient (Wildman–Crippen LogP) is 5.64. The monoisotopic (exact) mass is 628 g/mol. The van der Waals surface area contributed by atoms with Gasteiger partial charge in [0.15, 0.2) is 0 Å². The molecule has 0 nitrogen and oxygen atoms in total. The summed E-state index contributed by atoms with van der Waals surface area (Å²) in [5.74, 6) is 0. The van der Waals surface area contributed by atoms with Crippen LogP contribution in [-0.4, -0.2) is 0 Å². The first-order valence-electron chi connectivity index (χ1n) is 8.43. The van der Waals surface area contributed by atoms with Crippen molar-refractivity contribution in [2.24, 2.45) is 0 Å². The molecule has 0 aliphatic carbocycles. The average Bonchev–Trinajstić information content (AvgIpc) is 2.67. The zero-order valence-electron chi connectivity index (χ0n) is 15.2. The Morgan fingerprint density at radius 1 is 0.387 bits per heavy atom. The second kappa shape index (κ2) is 8.31. The van der Waals surface area contributed by atoms with E-state index in [1.54, 1.807) is 0 Å². The van der Waals surface area contributed by atoms with Crippen molar-refractivity contribution in [1.29, 1.82) is 0 Å². The first kappa shape index (κ1) is 23.3. The molecule has 0 amide bonds. The molecule has 0 spiro atoms. The van der Waals surface area contributed by atoms with Crippen molar-refractivity contribution in [3.63, 3.8) is 0 Å². The fourth-order valence-electron chi connectivity index (χ4n) is 2.76. The molecule has 0 bridgehead atoms. The molecule has 0 aliphatic heterocycles. The van der Waals surface area contributed by atoms with Gasteiger partial charge in [-0.2, -0.15) is 0 Å². The molecule has 0 unspecified atom stereocenters. The van der Waals surface area contributed by atoms with Crippen LogP contribution in [0.3, 0.4) is 0 Å². The van der Waals surface area contributed by atoms with Crippen molar-refractivity contribution in [3.05, 3.63) is 89.5 Å². The van der Waals surface area contributed by atoms with E-state index in [9.17, 15) is 39.5 Å². The zero-order valence-corrected chi connectivity index (χ0v) is 17.6. The second-order valence-corrected chi connectivity index (χ2v) is 11.8. The van der Waals surface area contributed by atoms with Crippen LogP contribution in [0.25, 0.3) is 0 Å². The van der Waals surface area contributed by atoms with Crippen molar-refractivity contribution >= 4 is 12.2 Å². The minimum absolute atomic E-state index is 0.539. The molecule has 0 radical (unpaired) electrons. The first-order chi connectivity index (χ1) is 14.3. The van der Waals surface area contributed by atoms with Crippen LogP contribution < -0.4 is 12.2 Å². The number of alkyl halides is 9. The fourth-order valence-corrected chi connectivity index (χ4v) is 10.3. The summed E-state index contributed by atoms with van der Waals surface area (Å²) in [4.78, 5) is 0. The molecule has 3 aromatic rings. The normalized spacial score (nSPS) is 13.3. The Balaban J connectivity index is 2.44. The van der Waals surface area contributed by atoms with Crippen LogP contribution in [0.5, 0.6) is 0 Å². The van der Waals surface area contributed by atoms with Gasteiger partial charge in [0.25, 0.3) is 0 Å². The number of rotatable bonds is 3. The average molecular weight is 628 g/mol. The summed E-state index contributed by atoms with van der Waals surface area (Å²) in [6.07, 6.45) is -14.8. The Hall–Kier alpha value is -2.32. The van der Waals surface area contributed by atoms with E-state index in [1.807, 2.05) is 0 Å². The second-order valence-electron chi connectivity index (χ2n) is 6.11. The van der Waals surface area contributed by atoms with Crippen LogP contribution in [0.1, 0.15) is 16.7 Å². The molecular weight excluding hydrogens is 615 g/mol. The van der Waals surface area contributed by atoms with Gasteiger partial charge in [-0.25, -0.2) is 0 Å². The Kier molecular flexibility index (Phi) is 6.26. The van der Waals surface area contributed by atoms with Gasteiger partial charge >= 0.3 is 176 Å². The molecule has 3 rings (SSSR count). The van der Waals surface area contributed by atoms with E-state index in [0.717, 1.165) is 36.4 Å². The summed E-state index contributed by atoms with van der Waals surface area (Å²) in [6, 6.07) is 11.6. The maximum absolute atomic E-state index is 13.7. The summed E-state index contributed by atoms with van der Waals surface area (Å²) in [6.45, 7) is 0. The van der Waals surface area contributed by atoms with Gasteiger partial charge in [0, 0.05) is 0 Å². The molecule has 0 N–H and O–H groups in total. The summed E-state index contributed by atoms with van der Waals surface area (Å²) >= 11 is -4.27. The maximum atomic E-state index is 13.7. The zero-order chi connectivity index (χ0) is 23.0. The topological polar surface area (TPSA) is 0 Å². The Bertz CT molecular complexity index is 928. The third-order valence-corrected chi connectivity index (χ3v) is 11.0. The van der Waals surface area contributed by atoms with Gasteiger partial charge in [0.05, 0.1) is 0 Å². The van der Waals surface area contributed by atoms with Crippen LogP contribution in [-0.2, 0) is 35.0 Å².